The smallest absolute Gasteiger partial charge is 0.191 e. The number of hydrogen-bond donors (Lipinski definition) is 2. The van der Waals surface area contributed by atoms with Gasteiger partial charge in [0.15, 0.2) is 21.8 Å². The Kier molecular flexibility index (Phi) is 6.61. The number of rotatable bonds is 7. The fourth-order valence-electron chi connectivity index (χ4n) is 3.96. The van der Waals surface area contributed by atoms with E-state index in [-0.39, 0.29) is 12.5 Å². The summed E-state index contributed by atoms with van der Waals surface area (Å²) < 4.78 is 6.87. The highest BCUT2D eigenvalue weighted by atomic mass is 32.2. The van der Waals surface area contributed by atoms with Crippen molar-refractivity contribution in [3.8, 4) is 11.5 Å². The zero-order valence-corrected chi connectivity index (χ0v) is 19.7. The summed E-state index contributed by atoms with van der Waals surface area (Å²) >= 11 is 2.99. The number of para-hydroxylation sites is 1. The molecule has 4 aromatic rings. The molecule has 0 saturated carbocycles. The first-order valence-corrected chi connectivity index (χ1v) is 12.7. The number of ether oxygens (including phenoxy) is 1. The van der Waals surface area contributed by atoms with Crippen LogP contribution < -0.4 is 15.4 Å². The monoisotopic (exact) mass is 479 g/mol. The van der Waals surface area contributed by atoms with Crippen LogP contribution in [0.2, 0.25) is 0 Å². The summed E-state index contributed by atoms with van der Waals surface area (Å²) in [6, 6.07) is 17.8. The van der Waals surface area contributed by atoms with Gasteiger partial charge in [-0.25, -0.2) is 15.0 Å². The number of nitrogen functional groups attached to an aromatic ring is 1. The Balaban J connectivity index is 1.36. The first kappa shape index (κ1) is 21.9. The molecule has 2 aromatic carbocycles. The van der Waals surface area contributed by atoms with E-state index >= 15 is 0 Å². The number of piperidine rings is 1. The summed E-state index contributed by atoms with van der Waals surface area (Å²) in [7, 11) is 0. The highest BCUT2D eigenvalue weighted by molar-refractivity contribution is 7.98. The number of hydrogen-bond acceptors (Lipinski definition) is 9. The Labute approximate surface area is 200 Å². The molecule has 1 aliphatic rings. The Hall–Kier alpha value is -2.88. The van der Waals surface area contributed by atoms with Gasteiger partial charge in [-0.3, -0.25) is 0 Å². The number of nitrogens with zero attached hydrogens (tertiary/aromatic N) is 4. The number of aliphatic hydroxyl groups is 1. The molecule has 1 unspecified atom stereocenters. The van der Waals surface area contributed by atoms with Gasteiger partial charge >= 0.3 is 0 Å². The molecular weight excluding hydrogens is 454 g/mol. The first-order valence-electron chi connectivity index (χ1n) is 10.9. The number of benzene rings is 2. The molecule has 9 heteroatoms. The number of aromatic nitrogens is 3. The summed E-state index contributed by atoms with van der Waals surface area (Å²) in [5, 5.41) is 10.8. The standard InChI is InChI=1S/C24H25N5O2S2/c25-23-26-21-20(33-23)22(29-11-5-7-17(13-29)14-30)28-24(27-21)32-15-16-6-4-10-19(12-16)31-18-8-2-1-3-9-18/h1-4,6,8-10,12,17,30H,5,7,11,13-15H2,(H2,25,26,27,28). The fourth-order valence-corrected chi connectivity index (χ4v) is 5.53. The van der Waals surface area contributed by atoms with Gasteiger partial charge in [-0.1, -0.05) is 53.4 Å². The Morgan fingerprint density at radius 1 is 1.09 bits per heavy atom. The molecule has 0 amide bonds. The molecular formula is C24H25N5O2S2. The summed E-state index contributed by atoms with van der Waals surface area (Å²) in [6.07, 6.45) is 2.07. The molecule has 1 atom stereocenters. The van der Waals surface area contributed by atoms with Crippen LogP contribution in [0.25, 0.3) is 10.3 Å². The zero-order valence-electron chi connectivity index (χ0n) is 18.1. The quantitative estimate of drug-likeness (QED) is 0.283. The number of anilines is 2. The van der Waals surface area contributed by atoms with Crippen molar-refractivity contribution in [1.29, 1.82) is 0 Å². The highest BCUT2D eigenvalue weighted by Gasteiger charge is 2.24. The predicted octanol–water partition coefficient (Wildman–Crippen LogP) is 4.96. The van der Waals surface area contributed by atoms with Gasteiger partial charge in [0.1, 0.15) is 16.2 Å². The van der Waals surface area contributed by atoms with Crippen LogP contribution in [0, 0.1) is 5.92 Å². The molecule has 0 radical (unpaired) electrons. The maximum atomic E-state index is 9.65. The first-order chi connectivity index (χ1) is 16.2. The second kappa shape index (κ2) is 9.94. The van der Waals surface area contributed by atoms with Crippen LogP contribution in [-0.4, -0.2) is 39.8 Å². The molecule has 33 heavy (non-hydrogen) atoms. The SMILES string of the molecule is Nc1nc2nc(SCc3cccc(Oc4ccccc4)c3)nc(N3CCCC(CO)C3)c2s1. The van der Waals surface area contributed by atoms with Crippen LogP contribution in [0.1, 0.15) is 18.4 Å². The van der Waals surface area contributed by atoms with E-state index in [4.69, 9.17) is 15.5 Å². The molecule has 1 aliphatic heterocycles. The van der Waals surface area contributed by atoms with Crippen LogP contribution >= 0.6 is 23.1 Å². The molecule has 3 heterocycles. The van der Waals surface area contributed by atoms with Gasteiger partial charge in [0.2, 0.25) is 0 Å². The van der Waals surface area contributed by atoms with Gasteiger partial charge < -0.3 is 20.5 Å². The molecule has 0 bridgehead atoms. The van der Waals surface area contributed by atoms with Gasteiger partial charge in [0.25, 0.3) is 0 Å². The van der Waals surface area contributed by atoms with E-state index in [0.717, 1.165) is 53.5 Å². The van der Waals surface area contributed by atoms with Crippen molar-refractivity contribution in [2.75, 3.05) is 30.3 Å². The van der Waals surface area contributed by atoms with Crippen molar-refractivity contribution in [1.82, 2.24) is 15.0 Å². The number of thioether (sulfide) groups is 1. The van der Waals surface area contributed by atoms with Crippen LogP contribution in [-0.2, 0) is 5.75 Å². The topological polar surface area (TPSA) is 97.4 Å². The van der Waals surface area contributed by atoms with E-state index in [9.17, 15) is 5.11 Å². The minimum Gasteiger partial charge on any atom is -0.457 e. The van der Waals surface area contributed by atoms with Crippen molar-refractivity contribution in [3.63, 3.8) is 0 Å². The Morgan fingerprint density at radius 2 is 1.94 bits per heavy atom. The summed E-state index contributed by atoms with van der Waals surface area (Å²) in [6.45, 7) is 1.88. The molecule has 170 valence electrons. The normalized spacial score (nSPS) is 16.3. The van der Waals surface area contributed by atoms with E-state index in [0.29, 0.717) is 21.7 Å². The fraction of sp³-hybridized carbons (Fsp3) is 0.292. The van der Waals surface area contributed by atoms with Crippen molar-refractivity contribution in [2.45, 2.75) is 23.8 Å². The van der Waals surface area contributed by atoms with Crippen LogP contribution in [0.3, 0.4) is 0 Å². The molecule has 0 aliphatic carbocycles. The lowest BCUT2D eigenvalue weighted by Gasteiger charge is -2.32. The van der Waals surface area contributed by atoms with E-state index in [1.54, 1.807) is 11.8 Å². The molecule has 3 N–H and O–H groups in total. The van der Waals surface area contributed by atoms with Crippen LogP contribution in [0.5, 0.6) is 11.5 Å². The van der Waals surface area contributed by atoms with Gasteiger partial charge in [-0.15, -0.1) is 0 Å². The van der Waals surface area contributed by atoms with E-state index in [1.807, 2.05) is 48.5 Å². The summed E-state index contributed by atoms with van der Waals surface area (Å²) in [5.74, 6) is 3.44. The lowest BCUT2D eigenvalue weighted by Crippen LogP contribution is -2.37. The number of aliphatic hydroxyl groups excluding tert-OH is 1. The van der Waals surface area contributed by atoms with E-state index < -0.39 is 0 Å². The van der Waals surface area contributed by atoms with Crippen molar-refractivity contribution >= 4 is 44.4 Å². The summed E-state index contributed by atoms with van der Waals surface area (Å²) in [5.41, 5.74) is 7.75. The third-order valence-electron chi connectivity index (χ3n) is 5.55. The highest BCUT2D eigenvalue weighted by Crippen LogP contribution is 2.35. The molecule has 2 aromatic heterocycles. The van der Waals surface area contributed by atoms with Gasteiger partial charge in [-0.05, 0) is 48.6 Å². The largest absolute Gasteiger partial charge is 0.457 e. The third-order valence-corrected chi connectivity index (χ3v) is 7.34. The predicted molar refractivity (Wildman–Crippen MR) is 134 cm³/mol. The number of nitrogens with two attached hydrogens (primary N) is 1. The molecule has 1 saturated heterocycles. The maximum Gasteiger partial charge on any atom is 0.191 e. The van der Waals surface area contributed by atoms with Gasteiger partial charge in [0.05, 0.1) is 0 Å². The lowest BCUT2D eigenvalue weighted by molar-refractivity contribution is 0.208. The number of thiazole rings is 1. The minimum absolute atomic E-state index is 0.193. The van der Waals surface area contributed by atoms with Crippen molar-refractivity contribution < 1.29 is 9.84 Å². The van der Waals surface area contributed by atoms with Crippen molar-refractivity contribution in [2.24, 2.45) is 5.92 Å². The van der Waals surface area contributed by atoms with Crippen molar-refractivity contribution in [3.05, 3.63) is 60.2 Å². The Morgan fingerprint density at radius 3 is 2.79 bits per heavy atom. The van der Waals surface area contributed by atoms with Crippen LogP contribution in [0.15, 0.2) is 59.8 Å². The zero-order chi connectivity index (χ0) is 22.6. The van der Waals surface area contributed by atoms with Crippen LogP contribution in [0.4, 0.5) is 10.9 Å². The number of fused-ring (bicyclic) bond motifs is 1. The van der Waals surface area contributed by atoms with E-state index in [2.05, 4.69) is 20.9 Å². The van der Waals surface area contributed by atoms with Gasteiger partial charge in [-0.2, -0.15) is 0 Å². The average molecular weight is 480 g/mol. The third kappa shape index (κ3) is 5.21. The Bertz CT molecular complexity index is 1230. The second-order valence-corrected chi connectivity index (χ2v) is 10.00. The lowest BCUT2D eigenvalue weighted by atomic mass is 9.99. The molecule has 7 nitrogen and oxygen atoms in total. The molecule has 0 spiro atoms. The molecule has 5 rings (SSSR count). The second-order valence-electron chi connectivity index (χ2n) is 8.02. The molecule has 1 fully saturated rings. The summed E-state index contributed by atoms with van der Waals surface area (Å²) in [4.78, 5) is 16.2. The van der Waals surface area contributed by atoms with E-state index in [1.165, 1.54) is 11.3 Å². The maximum absolute atomic E-state index is 9.65. The van der Waals surface area contributed by atoms with Gasteiger partial charge in [0, 0.05) is 25.4 Å². The minimum atomic E-state index is 0.193. The average Bonchev–Trinajstić information content (AvgIpc) is 3.23.